The largest absolute Gasteiger partial charge is 0.250 e. The minimum atomic E-state index is -3.40. The third kappa shape index (κ3) is 4.18. The van der Waals surface area contributed by atoms with Gasteiger partial charge in [-0.25, -0.2) is 13.1 Å². The van der Waals surface area contributed by atoms with Crippen LogP contribution in [-0.4, -0.2) is 20.8 Å². The predicted molar refractivity (Wildman–Crippen MR) is 82.6 cm³/mol. The molecule has 1 aromatic rings. The maximum atomic E-state index is 12.2. The third-order valence-corrected chi connectivity index (χ3v) is 7.36. The lowest BCUT2D eigenvalue weighted by molar-refractivity contribution is 0.305. The fraction of sp³-hybridized carbons (Fsp3) is 0.692. The van der Waals surface area contributed by atoms with Crippen molar-refractivity contribution in [3.05, 3.63) is 17.0 Å². The van der Waals surface area contributed by atoms with Crippen LogP contribution in [0.25, 0.3) is 0 Å². The topological polar surface area (TPSA) is 46.2 Å². The number of sulfonamides is 1. The van der Waals surface area contributed by atoms with Crippen molar-refractivity contribution in [2.45, 2.75) is 44.2 Å². The van der Waals surface area contributed by atoms with Crippen LogP contribution < -0.4 is 4.72 Å². The summed E-state index contributed by atoms with van der Waals surface area (Å²) in [6.07, 6.45) is 2.58. The Kier molecular flexibility index (Phi) is 6.30. The van der Waals surface area contributed by atoms with Gasteiger partial charge in [0.1, 0.15) is 4.21 Å². The van der Waals surface area contributed by atoms with E-state index in [0.29, 0.717) is 16.6 Å². The van der Waals surface area contributed by atoms with Gasteiger partial charge in [0.2, 0.25) is 10.0 Å². The van der Waals surface area contributed by atoms with Crippen molar-refractivity contribution in [1.82, 2.24) is 4.72 Å². The lowest BCUT2D eigenvalue weighted by atomic mass is 9.85. The summed E-state index contributed by atoms with van der Waals surface area (Å²) in [5, 5.41) is 0. The number of hydrogen-bond acceptors (Lipinski definition) is 3. The molecule has 0 amide bonds. The van der Waals surface area contributed by atoms with Crippen molar-refractivity contribution in [2.24, 2.45) is 5.41 Å². The molecule has 0 radical (unpaired) electrons. The Bertz CT molecular complexity index is 484. The number of hydrogen-bond donors (Lipinski definition) is 1. The Balaban J connectivity index is 2.80. The molecule has 0 aliphatic rings. The van der Waals surface area contributed by atoms with Crippen molar-refractivity contribution in [1.29, 1.82) is 0 Å². The average Bonchev–Trinajstić information content (AvgIpc) is 2.90. The average molecular weight is 324 g/mol. The first-order valence-electron chi connectivity index (χ1n) is 6.57. The van der Waals surface area contributed by atoms with E-state index in [9.17, 15) is 8.42 Å². The van der Waals surface area contributed by atoms with Crippen molar-refractivity contribution < 1.29 is 8.42 Å². The summed E-state index contributed by atoms with van der Waals surface area (Å²) in [4.78, 5) is 1.08. The van der Waals surface area contributed by atoms with Gasteiger partial charge in [-0.3, -0.25) is 0 Å². The predicted octanol–water partition coefficient (Wildman–Crippen LogP) is 3.63. The van der Waals surface area contributed by atoms with E-state index < -0.39 is 10.0 Å². The van der Waals surface area contributed by atoms with E-state index in [1.54, 1.807) is 6.07 Å². The first kappa shape index (κ1) is 17.0. The smallest absolute Gasteiger partial charge is 0.210 e. The lowest BCUT2D eigenvalue weighted by Gasteiger charge is -2.29. The molecule has 1 aromatic heterocycles. The van der Waals surface area contributed by atoms with E-state index in [1.165, 1.54) is 11.3 Å². The van der Waals surface area contributed by atoms with E-state index >= 15 is 0 Å². The molecule has 0 bridgehead atoms. The number of thiophene rings is 1. The molecule has 1 N–H and O–H groups in total. The summed E-state index contributed by atoms with van der Waals surface area (Å²) in [6.45, 7) is 6.49. The fourth-order valence-electron chi connectivity index (χ4n) is 1.75. The molecule has 0 spiro atoms. The van der Waals surface area contributed by atoms with Gasteiger partial charge in [0.25, 0.3) is 0 Å². The first-order valence-corrected chi connectivity index (χ1v) is 9.40. The van der Waals surface area contributed by atoms with Crippen LogP contribution in [0.3, 0.4) is 0 Å². The molecule has 6 heteroatoms. The molecule has 1 heterocycles. The summed E-state index contributed by atoms with van der Waals surface area (Å²) in [5.74, 6) is 0.465. The number of rotatable bonds is 8. The van der Waals surface area contributed by atoms with Crippen LogP contribution in [0.5, 0.6) is 0 Å². The van der Waals surface area contributed by atoms with Gasteiger partial charge in [-0.1, -0.05) is 20.8 Å². The second-order valence-corrected chi connectivity index (χ2v) is 8.17. The van der Waals surface area contributed by atoms with Gasteiger partial charge >= 0.3 is 0 Å². The number of aryl methyl sites for hydroxylation is 1. The fourth-order valence-corrected chi connectivity index (χ4v) is 4.72. The highest BCUT2D eigenvalue weighted by molar-refractivity contribution is 7.91. The second-order valence-electron chi connectivity index (χ2n) is 4.74. The third-order valence-electron chi connectivity index (χ3n) is 3.67. The zero-order valence-electron chi connectivity index (χ0n) is 11.7. The van der Waals surface area contributed by atoms with E-state index in [1.807, 2.05) is 26.8 Å². The Morgan fingerprint density at radius 3 is 2.32 bits per heavy atom. The molecule has 1 rings (SSSR count). The summed E-state index contributed by atoms with van der Waals surface area (Å²) in [6, 6.07) is 3.54. The summed E-state index contributed by atoms with van der Waals surface area (Å²) >= 11 is 7.32. The highest BCUT2D eigenvalue weighted by atomic mass is 35.5. The van der Waals surface area contributed by atoms with Gasteiger partial charge < -0.3 is 0 Å². The molecule has 0 saturated carbocycles. The molecular weight excluding hydrogens is 302 g/mol. The summed E-state index contributed by atoms with van der Waals surface area (Å²) < 4.78 is 27.5. The zero-order chi connectivity index (χ0) is 14.5. The minimum absolute atomic E-state index is 0.153. The van der Waals surface area contributed by atoms with Crippen LogP contribution in [0.2, 0.25) is 0 Å². The molecule has 0 aliphatic carbocycles. The van der Waals surface area contributed by atoms with Crippen molar-refractivity contribution in [3.8, 4) is 0 Å². The molecule has 0 aromatic carbocycles. The molecule has 0 unspecified atom stereocenters. The number of halogens is 1. The lowest BCUT2D eigenvalue weighted by Crippen LogP contribution is -2.38. The van der Waals surface area contributed by atoms with E-state index in [0.717, 1.165) is 24.1 Å². The molecule has 19 heavy (non-hydrogen) atoms. The normalized spacial score (nSPS) is 12.8. The molecule has 3 nitrogen and oxygen atoms in total. The highest BCUT2D eigenvalue weighted by Gasteiger charge is 2.28. The van der Waals surface area contributed by atoms with Gasteiger partial charge in [0.05, 0.1) is 0 Å². The summed E-state index contributed by atoms with van der Waals surface area (Å²) in [7, 11) is -3.40. The minimum Gasteiger partial charge on any atom is -0.210 e. The van der Waals surface area contributed by atoms with Crippen LogP contribution >= 0.6 is 22.9 Å². The summed E-state index contributed by atoms with van der Waals surface area (Å²) in [5.41, 5.74) is -0.153. The van der Waals surface area contributed by atoms with Crippen LogP contribution in [0.15, 0.2) is 16.3 Å². The first-order chi connectivity index (χ1) is 8.93. The Hall–Kier alpha value is -0.100. The molecule has 0 fully saturated rings. The quantitative estimate of drug-likeness (QED) is 0.742. The van der Waals surface area contributed by atoms with Crippen molar-refractivity contribution >= 4 is 33.0 Å². The van der Waals surface area contributed by atoms with Gasteiger partial charge in [0, 0.05) is 17.3 Å². The van der Waals surface area contributed by atoms with Gasteiger partial charge in [0.15, 0.2) is 0 Å². The second kappa shape index (κ2) is 7.07. The molecule has 0 saturated heterocycles. The SMILES string of the molecule is CCc1ccc(S(=O)(=O)NCC(CC)(CC)CCl)s1. The Morgan fingerprint density at radius 1 is 1.26 bits per heavy atom. The standard InChI is InChI=1S/C13H22ClNO2S2/c1-4-11-7-8-12(18-11)19(16,17)15-10-13(5-2,6-3)9-14/h7-8,15H,4-6,9-10H2,1-3H3. The van der Waals surface area contributed by atoms with E-state index in [2.05, 4.69) is 4.72 Å². The Labute approximate surface area is 125 Å². The molecule has 110 valence electrons. The highest BCUT2D eigenvalue weighted by Crippen LogP contribution is 2.28. The van der Waals surface area contributed by atoms with Crippen LogP contribution in [0.4, 0.5) is 0 Å². The van der Waals surface area contributed by atoms with Crippen molar-refractivity contribution in [3.63, 3.8) is 0 Å². The maximum Gasteiger partial charge on any atom is 0.250 e. The van der Waals surface area contributed by atoms with Gasteiger partial charge in [-0.2, -0.15) is 0 Å². The van der Waals surface area contributed by atoms with Crippen molar-refractivity contribution in [2.75, 3.05) is 12.4 Å². The molecule has 0 aliphatic heterocycles. The Morgan fingerprint density at radius 2 is 1.89 bits per heavy atom. The van der Waals surface area contributed by atoms with Crippen LogP contribution in [0.1, 0.15) is 38.5 Å². The monoisotopic (exact) mass is 323 g/mol. The number of nitrogens with one attached hydrogen (secondary N) is 1. The molecular formula is C13H22ClNO2S2. The van der Waals surface area contributed by atoms with Crippen LogP contribution in [-0.2, 0) is 16.4 Å². The van der Waals surface area contributed by atoms with Gasteiger partial charge in [-0.15, -0.1) is 22.9 Å². The van der Waals surface area contributed by atoms with E-state index in [4.69, 9.17) is 11.6 Å². The zero-order valence-corrected chi connectivity index (χ0v) is 14.1. The molecule has 0 atom stereocenters. The maximum absolute atomic E-state index is 12.2. The van der Waals surface area contributed by atoms with E-state index in [-0.39, 0.29) is 5.41 Å². The number of alkyl halides is 1. The van der Waals surface area contributed by atoms with Gasteiger partial charge in [-0.05, 0) is 36.8 Å². The van der Waals surface area contributed by atoms with Crippen LogP contribution in [0, 0.1) is 5.41 Å².